The number of halogens is 1. The second-order valence-electron chi connectivity index (χ2n) is 4.70. The molecular formula is C14H19BrN2. The van der Waals surface area contributed by atoms with E-state index < -0.39 is 5.54 Å². The van der Waals surface area contributed by atoms with Crippen molar-refractivity contribution in [2.75, 3.05) is 0 Å². The number of rotatable bonds is 5. The summed E-state index contributed by atoms with van der Waals surface area (Å²) in [6, 6.07) is 10.9. The van der Waals surface area contributed by atoms with Gasteiger partial charge in [-0.05, 0) is 38.0 Å². The molecule has 2 nitrogen and oxygen atoms in total. The van der Waals surface area contributed by atoms with Crippen LogP contribution in [0.25, 0.3) is 0 Å². The van der Waals surface area contributed by atoms with Gasteiger partial charge in [-0.15, -0.1) is 0 Å². The second-order valence-corrected chi connectivity index (χ2v) is 5.62. The maximum atomic E-state index is 9.32. The lowest BCUT2D eigenvalue weighted by molar-refractivity contribution is 0.382. The lowest BCUT2D eigenvalue weighted by Gasteiger charge is -2.27. The van der Waals surface area contributed by atoms with Crippen LogP contribution in [-0.4, -0.2) is 11.6 Å². The Bertz CT molecular complexity index is 394. The van der Waals surface area contributed by atoms with E-state index in [0.29, 0.717) is 6.04 Å². The van der Waals surface area contributed by atoms with E-state index in [1.54, 1.807) is 0 Å². The topological polar surface area (TPSA) is 35.8 Å². The van der Waals surface area contributed by atoms with E-state index >= 15 is 0 Å². The van der Waals surface area contributed by atoms with Gasteiger partial charge in [0.1, 0.15) is 5.54 Å². The molecule has 0 aliphatic heterocycles. The molecule has 2 unspecified atom stereocenters. The van der Waals surface area contributed by atoms with Crippen molar-refractivity contribution in [1.82, 2.24) is 5.32 Å². The summed E-state index contributed by atoms with van der Waals surface area (Å²) in [5, 5.41) is 12.7. The Morgan fingerprint density at radius 1 is 1.41 bits per heavy atom. The van der Waals surface area contributed by atoms with E-state index in [4.69, 9.17) is 0 Å². The molecule has 1 rings (SSSR count). The predicted octanol–water partition coefficient (Wildman–Crippen LogP) is 3.66. The maximum Gasteiger partial charge on any atom is 0.108 e. The average Bonchev–Trinajstić information content (AvgIpc) is 2.32. The first-order valence-electron chi connectivity index (χ1n) is 5.92. The minimum Gasteiger partial charge on any atom is -0.297 e. The summed E-state index contributed by atoms with van der Waals surface area (Å²) >= 11 is 3.41. The summed E-state index contributed by atoms with van der Waals surface area (Å²) in [5.74, 6) is 0. The van der Waals surface area contributed by atoms with Crippen molar-refractivity contribution in [1.29, 1.82) is 5.26 Å². The quantitative estimate of drug-likeness (QED) is 0.899. The molecule has 0 aliphatic rings. The fourth-order valence-corrected chi connectivity index (χ4v) is 2.04. The molecule has 0 heterocycles. The summed E-state index contributed by atoms with van der Waals surface area (Å²) in [6.07, 6.45) is 1.75. The van der Waals surface area contributed by atoms with Crippen LogP contribution in [0.15, 0.2) is 28.7 Å². The lowest BCUT2D eigenvalue weighted by Crippen LogP contribution is -2.47. The van der Waals surface area contributed by atoms with Crippen molar-refractivity contribution in [2.24, 2.45) is 0 Å². The Morgan fingerprint density at radius 3 is 2.47 bits per heavy atom. The number of hydrogen-bond donors (Lipinski definition) is 1. The Kier molecular flexibility index (Phi) is 5.17. The van der Waals surface area contributed by atoms with Crippen molar-refractivity contribution in [3.63, 3.8) is 0 Å². The van der Waals surface area contributed by atoms with Crippen LogP contribution in [0.1, 0.15) is 32.8 Å². The molecule has 1 aromatic rings. The monoisotopic (exact) mass is 294 g/mol. The molecule has 0 saturated heterocycles. The summed E-state index contributed by atoms with van der Waals surface area (Å²) in [6.45, 7) is 6.19. The van der Waals surface area contributed by atoms with Gasteiger partial charge in [0.2, 0.25) is 0 Å². The number of nitrogens with one attached hydrogen (secondary N) is 1. The van der Waals surface area contributed by atoms with Crippen molar-refractivity contribution in [3.8, 4) is 6.07 Å². The SMILES string of the molecule is CCC(C)NC(C)(C#N)Cc1ccc(Br)cc1. The van der Waals surface area contributed by atoms with E-state index in [0.717, 1.165) is 17.3 Å². The standard InChI is InChI=1S/C14H19BrN2/c1-4-11(2)17-14(3,10-16)9-12-5-7-13(15)8-6-12/h5-8,11,17H,4,9H2,1-3H3. The van der Waals surface area contributed by atoms with E-state index in [9.17, 15) is 5.26 Å². The summed E-state index contributed by atoms with van der Waals surface area (Å²) < 4.78 is 1.06. The van der Waals surface area contributed by atoms with Gasteiger partial charge in [-0.1, -0.05) is 35.0 Å². The highest BCUT2D eigenvalue weighted by Crippen LogP contribution is 2.17. The normalized spacial score (nSPS) is 15.9. The first-order chi connectivity index (χ1) is 7.99. The molecule has 92 valence electrons. The Morgan fingerprint density at radius 2 is 2.00 bits per heavy atom. The molecule has 0 amide bonds. The summed E-state index contributed by atoms with van der Waals surface area (Å²) in [7, 11) is 0. The molecule has 0 radical (unpaired) electrons. The molecule has 0 fully saturated rings. The Balaban J connectivity index is 2.75. The van der Waals surface area contributed by atoms with Crippen LogP contribution >= 0.6 is 15.9 Å². The van der Waals surface area contributed by atoms with E-state index in [1.807, 2.05) is 19.1 Å². The van der Waals surface area contributed by atoms with Crippen LogP contribution in [0.5, 0.6) is 0 Å². The van der Waals surface area contributed by atoms with Gasteiger partial charge in [0.25, 0.3) is 0 Å². The van der Waals surface area contributed by atoms with Crippen molar-refractivity contribution >= 4 is 15.9 Å². The van der Waals surface area contributed by atoms with Crippen LogP contribution < -0.4 is 5.32 Å². The molecule has 1 N–H and O–H groups in total. The molecule has 0 bridgehead atoms. The van der Waals surface area contributed by atoms with Crippen LogP contribution in [0.4, 0.5) is 0 Å². The minimum atomic E-state index is -0.497. The smallest absolute Gasteiger partial charge is 0.108 e. The molecular weight excluding hydrogens is 276 g/mol. The predicted molar refractivity (Wildman–Crippen MR) is 74.8 cm³/mol. The van der Waals surface area contributed by atoms with Crippen LogP contribution in [0.2, 0.25) is 0 Å². The molecule has 1 aromatic carbocycles. The number of hydrogen-bond acceptors (Lipinski definition) is 2. The van der Waals surface area contributed by atoms with Crippen LogP contribution in [-0.2, 0) is 6.42 Å². The summed E-state index contributed by atoms with van der Waals surface area (Å²) in [5.41, 5.74) is 0.677. The number of nitriles is 1. The highest BCUT2D eigenvalue weighted by Gasteiger charge is 2.25. The average molecular weight is 295 g/mol. The zero-order valence-corrected chi connectivity index (χ0v) is 12.2. The zero-order chi connectivity index (χ0) is 12.9. The van der Waals surface area contributed by atoms with Gasteiger partial charge in [-0.3, -0.25) is 5.32 Å². The maximum absolute atomic E-state index is 9.32. The molecule has 3 heteroatoms. The molecule has 0 aromatic heterocycles. The number of benzene rings is 1. The van der Waals surface area contributed by atoms with Gasteiger partial charge in [-0.25, -0.2) is 0 Å². The third-order valence-corrected chi connectivity index (χ3v) is 3.42. The van der Waals surface area contributed by atoms with Gasteiger partial charge < -0.3 is 0 Å². The third-order valence-electron chi connectivity index (χ3n) is 2.90. The van der Waals surface area contributed by atoms with E-state index in [-0.39, 0.29) is 0 Å². The van der Waals surface area contributed by atoms with Gasteiger partial charge in [-0.2, -0.15) is 5.26 Å². The first kappa shape index (κ1) is 14.2. The van der Waals surface area contributed by atoms with Gasteiger partial charge in [0, 0.05) is 16.9 Å². The molecule has 0 spiro atoms. The largest absolute Gasteiger partial charge is 0.297 e. The van der Waals surface area contributed by atoms with Crippen molar-refractivity contribution in [2.45, 2.75) is 45.2 Å². The highest BCUT2D eigenvalue weighted by atomic mass is 79.9. The molecule has 0 saturated carbocycles. The fraction of sp³-hybridized carbons (Fsp3) is 0.500. The second kappa shape index (κ2) is 6.18. The third kappa shape index (κ3) is 4.49. The molecule has 0 aliphatic carbocycles. The Hall–Kier alpha value is -0.850. The van der Waals surface area contributed by atoms with Crippen molar-refractivity contribution < 1.29 is 0 Å². The lowest BCUT2D eigenvalue weighted by atomic mass is 9.93. The summed E-state index contributed by atoms with van der Waals surface area (Å²) in [4.78, 5) is 0. The first-order valence-corrected chi connectivity index (χ1v) is 6.72. The van der Waals surface area contributed by atoms with E-state index in [1.165, 1.54) is 5.56 Å². The minimum absolute atomic E-state index is 0.357. The molecule has 2 atom stereocenters. The Labute approximate surface area is 112 Å². The van der Waals surface area contributed by atoms with Gasteiger partial charge >= 0.3 is 0 Å². The van der Waals surface area contributed by atoms with Gasteiger partial charge in [0.05, 0.1) is 6.07 Å². The molecule has 17 heavy (non-hydrogen) atoms. The highest BCUT2D eigenvalue weighted by molar-refractivity contribution is 9.10. The zero-order valence-electron chi connectivity index (χ0n) is 10.6. The van der Waals surface area contributed by atoms with Crippen molar-refractivity contribution in [3.05, 3.63) is 34.3 Å². The van der Waals surface area contributed by atoms with Gasteiger partial charge in [0.15, 0.2) is 0 Å². The number of nitrogens with zero attached hydrogens (tertiary/aromatic N) is 1. The van der Waals surface area contributed by atoms with E-state index in [2.05, 4.69) is 53.3 Å². The van der Waals surface area contributed by atoms with Crippen LogP contribution in [0, 0.1) is 11.3 Å². The van der Waals surface area contributed by atoms with Crippen LogP contribution in [0.3, 0.4) is 0 Å². The fourth-order valence-electron chi connectivity index (χ4n) is 1.78.